The summed E-state index contributed by atoms with van der Waals surface area (Å²) in [6.07, 6.45) is 0. The lowest BCUT2D eigenvalue weighted by Gasteiger charge is -2.34. The molecule has 24 heavy (non-hydrogen) atoms. The van der Waals surface area contributed by atoms with Crippen molar-refractivity contribution >= 4 is 29.4 Å². The van der Waals surface area contributed by atoms with Gasteiger partial charge in [0.1, 0.15) is 0 Å². The molecule has 1 aromatic rings. The highest BCUT2D eigenvalue weighted by molar-refractivity contribution is 6.21. The van der Waals surface area contributed by atoms with Gasteiger partial charge in [0.25, 0.3) is 11.8 Å². The van der Waals surface area contributed by atoms with Crippen LogP contribution in [0.2, 0.25) is 0 Å². The lowest BCUT2D eigenvalue weighted by molar-refractivity contribution is -0.130. The molecule has 0 aliphatic carbocycles. The summed E-state index contributed by atoms with van der Waals surface area (Å²) in [5, 5.41) is 2.74. The molecule has 8 heteroatoms. The van der Waals surface area contributed by atoms with E-state index in [1.165, 1.54) is 20.0 Å². The Labute approximate surface area is 139 Å². The highest BCUT2D eigenvalue weighted by Gasteiger charge is 2.33. The molecule has 8 nitrogen and oxygen atoms in total. The van der Waals surface area contributed by atoms with Crippen molar-refractivity contribution in [3.63, 3.8) is 0 Å². The predicted molar refractivity (Wildman–Crippen MR) is 85.7 cm³/mol. The normalized spacial score (nSPS) is 17.2. The smallest absolute Gasteiger partial charge is 0.321 e. The third-order valence-electron chi connectivity index (χ3n) is 4.35. The molecular weight excluding hydrogens is 312 g/mol. The Balaban J connectivity index is 1.67. The van der Waals surface area contributed by atoms with Crippen LogP contribution < -0.4 is 5.32 Å². The molecule has 0 spiro atoms. The summed E-state index contributed by atoms with van der Waals surface area (Å²) >= 11 is 0. The number of hydrogen-bond donors (Lipinski definition) is 1. The minimum absolute atomic E-state index is 0.000907. The maximum atomic E-state index is 12.3. The molecule has 5 amide bonds. The number of imide groups is 1. The number of nitrogens with zero attached hydrogens (tertiary/aromatic N) is 3. The van der Waals surface area contributed by atoms with Crippen LogP contribution in [0, 0.1) is 0 Å². The third-order valence-corrected chi connectivity index (χ3v) is 4.35. The first kappa shape index (κ1) is 16.0. The molecule has 0 radical (unpaired) electrons. The van der Waals surface area contributed by atoms with Crippen LogP contribution in [0.1, 0.15) is 27.6 Å². The number of carbonyl (C=O) groups is 4. The van der Waals surface area contributed by atoms with Crippen LogP contribution in [0.3, 0.4) is 0 Å². The number of rotatable bonds is 1. The van der Waals surface area contributed by atoms with E-state index in [2.05, 4.69) is 5.32 Å². The van der Waals surface area contributed by atoms with Gasteiger partial charge < -0.3 is 15.1 Å². The maximum absolute atomic E-state index is 12.3. The average Bonchev–Trinajstić information content (AvgIpc) is 2.79. The molecule has 3 rings (SSSR count). The van der Waals surface area contributed by atoms with Gasteiger partial charge in [-0.05, 0) is 18.2 Å². The van der Waals surface area contributed by atoms with Crippen molar-refractivity contribution in [3.05, 3.63) is 29.3 Å². The van der Waals surface area contributed by atoms with Gasteiger partial charge in [-0.15, -0.1) is 0 Å². The number of anilines is 1. The number of piperazine rings is 1. The minimum Gasteiger partial charge on any atom is -0.339 e. The Hall–Kier alpha value is -2.90. The van der Waals surface area contributed by atoms with Crippen molar-refractivity contribution in [2.45, 2.75) is 6.92 Å². The fraction of sp³-hybridized carbons (Fsp3) is 0.375. The fourth-order valence-electron chi connectivity index (χ4n) is 2.87. The first-order valence-corrected chi connectivity index (χ1v) is 7.66. The second-order valence-electron chi connectivity index (χ2n) is 5.85. The molecule has 2 aliphatic heterocycles. The number of benzene rings is 1. The van der Waals surface area contributed by atoms with Gasteiger partial charge in [0.15, 0.2) is 0 Å². The zero-order chi connectivity index (χ0) is 17.4. The van der Waals surface area contributed by atoms with Crippen molar-refractivity contribution in [1.29, 1.82) is 0 Å². The molecular formula is C16H18N4O4. The summed E-state index contributed by atoms with van der Waals surface area (Å²) in [5.41, 5.74) is 1.10. The molecule has 1 saturated heterocycles. The fourth-order valence-corrected chi connectivity index (χ4v) is 2.87. The van der Waals surface area contributed by atoms with Crippen LogP contribution in [-0.4, -0.2) is 71.7 Å². The monoisotopic (exact) mass is 330 g/mol. The van der Waals surface area contributed by atoms with Gasteiger partial charge >= 0.3 is 6.03 Å². The summed E-state index contributed by atoms with van der Waals surface area (Å²) in [7, 11) is 1.43. The zero-order valence-corrected chi connectivity index (χ0v) is 13.5. The quantitative estimate of drug-likeness (QED) is 0.764. The molecule has 0 saturated carbocycles. The lowest BCUT2D eigenvalue weighted by atomic mass is 10.1. The maximum Gasteiger partial charge on any atom is 0.321 e. The van der Waals surface area contributed by atoms with Crippen molar-refractivity contribution in [2.75, 3.05) is 38.5 Å². The van der Waals surface area contributed by atoms with E-state index in [1.807, 2.05) is 0 Å². The molecule has 1 aromatic carbocycles. The predicted octanol–water partition coefficient (Wildman–Crippen LogP) is 0.608. The Morgan fingerprint density at radius 3 is 2.17 bits per heavy atom. The molecule has 1 fully saturated rings. The van der Waals surface area contributed by atoms with Crippen molar-refractivity contribution in [2.24, 2.45) is 0 Å². The van der Waals surface area contributed by atoms with E-state index in [1.54, 1.807) is 21.9 Å². The van der Waals surface area contributed by atoms with E-state index in [0.29, 0.717) is 43.0 Å². The number of amides is 5. The average molecular weight is 330 g/mol. The second kappa shape index (κ2) is 5.95. The lowest BCUT2D eigenvalue weighted by Crippen LogP contribution is -2.51. The molecule has 0 bridgehead atoms. The van der Waals surface area contributed by atoms with Gasteiger partial charge in [-0.25, -0.2) is 4.79 Å². The summed E-state index contributed by atoms with van der Waals surface area (Å²) < 4.78 is 0. The number of urea groups is 1. The first-order chi connectivity index (χ1) is 11.4. The van der Waals surface area contributed by atoms with Gasteiger partial charge in [0.2, 0.25) is 5.91 Å². The van der Waals surface area contributed by atoms with E-state index >= 15 is 0 Å². The standard InChI is InChI=1S/C16H18N4O4/c1-10(21)19-5-7-20(8-6-19)16(24)17-11-3-4-12-13(9-11)15(23)18(2)14(12)22/h3-4,9H,5-8H2,1-2H3,(H,17,24). The van der Waals surface area contributed by atoms with E-state index < -0.39 is 0 Å². The van der Waals surface area contributed by atoms with Gasteiger partial charge in [0.05, 0.1) is 11.1 Å². The Morgan fingerprint density at radius 2 is 1.54 bits per heavy atom. The van der Waals surface area contributed by atoms with E-state index in [4.69, 9.17) is 0 Å². The van der Waals surface area contributed by atoms with Crippen LogP contribution in [0.4, 0.5) is 10.5 Å². The van der Waals surface area contributed by atoms with Crippen LogP contribution in [-0.2, 0) is 4.79 Å². The van der Waals surface area contributed by atoms with Crippen molar-refractivity contribution in [3.8, 4) is 0 Å². The molecule has 0 atom stereocenters. The third kappa shape index (κ3) is 2.70. The van der Waals surface area contributed by atoms with E-state index in [0.717, 1.165) is 4.90 Å². The van der Waals surface area contributed by atoms with Gasteiger partial charge in [-0.1, -0.05) is 0 Å². The molecule has 126 valence electrons. The van der Waals surface area contributed by atoms with Gasteiger partial charge in [-0.3, -0.25) is 19.3 Å². The largest absolute Gasteiger partial charge is 0.339 e. The highest BCUT2D eigenvalue weighted by Crippen LogP contribution is 2.25. The van der Waals surface area contributed by atoms with Crippen LogP contribution in [0.5, 0.6) is 0 Å². The van der Waals surface area contributed by atoms with Gasteiger partial charge in [-0.2, -0.15) is 0 Å². The first-order valence-electron chi connectivity index (χ1n) is 7.66. The number of nitrogens with one attached hydrogen (secondary N) is 1. The van der Waals surface area contributed by atoms with Gasteiger partial charge in [0, 0.05) is 45.8 Å². The Morgan fingerprint density at radius 1 is 0.958 bits per heavy atom. The van der Waals surface area contributed by atoms with Crippen LogP contribution >= 0.6 is 0 Å². The van der Waals surface area contributed by atoms with Crippen LogP contribution in [0.15, 0.2) is 18.2 Å². The SMILES string of the molecule is CC(=O)N1CCN(C(=O)Nc2ccc3c(c2)C(=O)N(C)C3=O)CC1. The molecule has 2 heterocycles. The van der Waals surface area contributed by atoms with Crippen LogP contribution in [0.25, 0.3) is 0 Å². The summed E-state index contributed by atoms with van der Waals surface area (Å²) in [5.74, 6) is -0.713. The topological polar surface area (TPSA) is 90.0 Å². The summed E-state index contributed by atoms with van der Waals surface area (Å²) in [6.45, 7) is 3.43. The number of fused-ring (bicyclic) bond motifs is 1. The summed E-state index contributed by atoms with van der Waals surface area (Å²) in [4.78, 5) is 51.8. The number of carbonyl (C=O) groups excluding carboxylic acids is 4. The molecule has 0 aromatic heterocycles. The molecule has 2 aliphatic rings. The molecule has 1 N–H and O–H groups in total. The second-order valence-corrected chi connectivity index (χ2v) is 5.85. The summed E-state index contributed by atoms with van der Waals surface area (Å²) in [6, 6.07) is 4.38. The Bertz CT molecular complexity index is 738. The minimum atomic E-state index is -0.374. The number of hydrogen-bond acceptors (Lipinski definition) is 4. The van der Waals surface area contributed by atoms with E-state index in [9.17, 15) is 19.2 Å². The zero-order valence-electron chi connectivity index (χ0n) is 13.5. The van der Waals surface area contributed by atoms with E-state index in [-0.39, 0.29) is 23.8 Å². The van der Waals surface area contributed by atoms with Crippen molar-refractivity contribution < 1.29 is 19.2 Å². The Kier molecular flexibility index (Phi) is 3.96. The highest BCUT2D eigenvalue weighted by atomic mass is 16.2. The van der Waals surface area contributed by atoms with Crippen molar-refractivity contribution in [1.82, 2.24) is 14.7 Å². The molecule has 0 unspecified atom stereocenters.